The van der Waals surface area contributed by atoms with Gasteiger partial charge < -0.3 is 0 Å². The van der Waals surface area contributed by atoms with E-state index in [0.29, 0.717) is 0 Å². The van der Waals surface area contributed by atoms with Crippen LogP contribution >= 0.6 is 0 Å². The molecule has 0 heterocycles. The lowest BCUT2D eigenvalue weighted by Gasteiger charge is -2.27. The Morgan fingerprint density at radius 2 is 2.06 bits per heavy atom. The summed E-state index contributed by atoms with van der Waals surface area (Å²) in [5.74, 6) is 0.783. The lowest BCUT2D eigenvalue weighted by molar-refractivity contribution is 0.276. The summed E-state index contributed by atoms with van der Waals surface area (Å²) in [7, 11) is 0. The maximum absolute atomic E-state index is 10.4. The van der Waals surface area contributed by atoms with Crippen LogP contribution in [0.15, 0.2) is 35.3 Å². The van der Waals surface area contributed by atoms with E-state index < -0.39 is 0 Å². The normalized spacial score (nSPS) is 17.2. The zero-order valence-electron chi connectivity index (χ0n) is 9.43. The van der Waals surface area contributed by atoms with Crippen LogP contribution < -0.4 is 0 Å². The van der Waals surface area contributed by atoms with E-state index in [9.17, 15) is 4.79 Å². The molecule has 0 saturated heterocycles. The van der Waals surface area contributed by atoms with Gasteiger partial charge >= 0.3 is 0 Å². The van der Waals surface area contributed by atoms with Crippen LogP contribution in [0.25, 0.3) is 0 Å². The molecule has 0 aromatic heterocycles. The highest BCUT2D eigenvalue weighted by molar-refractivity contribution is 5.34. The van der Waals surface area contributed by atoms with Crippen molar-refractivity contribution in [3.05, 3.63) is 35.9 Å². The van der Waals surface area contributed by atoms with E-state index in [2.05, 4.69) is 17.1 Å². The Bertz CT molecular complexity index is 364. The summed E-state index contributed by atoms with van der Waals surface area (Å²) in [6.07, 6.45) is 7.58. The molecule has 0 aliphatic heterocycles. The van der Waals surface area contributed by atoms with Crippen molar-refractivity contribution >= 4 is 6.08 Å². The fourth-order valence-electron chi connectivity index (χ4n) is 2.26. The molecule has 2 heteroatoms. The molecular weight excluding hydrogens is 198 g/mol. The molecule has 0 amide bonds. The Morgan fingerprint density at radius 3 is 2.62 bits per heavy atom. The SMILES string of the molecule is O=C=N[C@H](Cc1ccccc1)CC1CCC1. The molecule has 2 rings (SSSR count). The van der Waals surface area contributed by atoms with Gasteiger partial charge in [0.2, 0.25) is 6.08 Å². The minimum Gasteiger partial charge on any atom is -0.211 e. The van der Waals surface area contributed by atoms with Gasteiger partial charge in [-0.15, -0.1) is 0 Å². The molecule has 1 atom stereocenters. The van der Waals surface area contributed by atoms with E-state index in [0.717, 1.165) is 18.8 Å². The Labute approximate surface area is 96.4 Å². The second-order valence-electron chi connectivity index (χ2n) is 4.60. The summed E-state index contributed by atoms with van der Waals surface area (Å²) >= 11 is 0. The van der Waals surface area contributed by atoms with Crippen molar-refractivity contribution in [3.63, 3.8) is 0 Å². The molecule has 84 valence electrons. The van der Waals surface area contributed by atoms with E-state index in [-0.39, 0.29) is 6.04 Å². The van der Waals surface area contributed by atoms with Crippen molar-refractivity contribution in [2.75, 3.05) is 0 Å². The molecule has 1 aliphatic carbocycles. The number of rotatable bonds is 5. The molecule has 1 saturated carbocycles. The summed E-state index contributed by atoms with van der Waals surface area (Å²) in [5, 5.41) is 0. The van der Waals surface area contributed by atoms with Gasteiger partial charge in [0.15, 0.2) is 0 Å². The molecule has 1 aliphatic rings. The first-order chi connectivity index (χ1) is 7.88. The first kappa shape index (κ1) is 11.1. The third kappa shape index (κ3) is 3.04. The molecule has 0 N–H and O–H groups in total. The van der Waals surface area contributed by atoms with Crippen LogP contribution in [0, 0.1) is 5.92 Å². The molecule has 1 aromatic rings. The Kier molecular flexibility index (Phi) is 3.90. The molecular formula is C14H17NO. The van der Waals surface area contributed by atoms with Gasteiger partial charge in [-0.1, -0.05) is 49.6 Å². The van der Waals surface area contributed by atoms with E-state index in [1.54, 1.807) is 6.08 Å². The highest BCUT2D eigenvalue weighted by atomic mass is 16.1. The summed E-state index contributed by atoms with van der Waals surface area (Å²) in [4.78, 5) is 14.3. The van der Waals surface area contributed by atoms with Crippen molar-refractivity contribution in [2.45, 2.75) is 38.1 Å². The lowest BCUT2D eigenvalue weighted by Crippen LogP contribution is -2.19. The fraction of sp³-hybridized carbons (Fsp3) is 0.500. The second-order valence-corrected chi connectivity index (χ2v) is 4.60. The maximum atomic E-state index is 10.4. The average Bonchev–Trinajstić information content (AvgIpc) is 2.25. The Morgan fingerprint density at radius 1 is 1.31 bits per heavy atom. The van der Waals surface area contributed by atoms with E-state index in [4.69, 9.17) is 0 Å². The maximum Gasteiger partial charge on any atom is 0.235 e. The van der Waals surface area contributed by atoms with Gasteiger partial charge in [-0.3, -0.25) is 0 Å². The third-order valence-electron chi connectivity index (χ3n) is 3.38. The second kappa shape index (κ2) is 5.62. The monoisotopic (exact) mass is 215 g/mol. The van der Waals surface area contributed by atoms with Gasteiger partial charge in [-0.2, -0.15) is 0 Å². The quantitative estimate of drug-likeness (QED) is 0.548. The zero-order chi connectivity index (χ0) is 11.2. The zero-order valence-corrected chi connectivity index (χ0v) is 9.43. The number of hydrogen-bond donors (Lipinski definition) is 0. The van der Waals surface area contributed by atoms with Crippen molar-refractivity contribution in [2.24, 2.45) is 10.9 Å². The minimum atomic E-state index is 0.130. The standard InChI is InChI=1S/C14H17NO/c16-11-15-14(10-13-7-4-8-13)9-12-5-2-1-3-6-12/h1-3,5-6,13-14H,4,7-10H2/t14-/m1/s1. The van der Waals surface area contributed by atoms with Crippen LogP contribution in [-0.4, -0.2) is 12.1 Å². The molecule has 0 unspecified atom stereocenters. The highest BCUT2D eigenvalue weighted by Crippen LogP contribution is 2.31. The number of aliphatic imine (C=N–C) groups is 1. The lowest BCUT2D eigenvalue weighted by atomic mass is 9.80. The van der Waals surface area contributed by atoms with Gasteiger partial charge in [0, 0.05) is 0 Å². The number of hydrogen-bond acceptors (Lipinski definition) is 2. The van der Waals surface area contributed by atoms with E-state index in [1.807, 2.05) is 18.2 Å². The molecule has 1 aromatic carbocycles. The number of isocyanates is 1. The van der Waals surface area contributed by atoms with Crippen LogP contribution in [0.2, 0.25) is 0 Å². The van der Waals surface area contributed by atoms with Crippen LogP contribution in [0.1, 0.15) is 31.2 Å². The smallest absolute Gasteiger partial charge is 0.211 e. The van der Waals surface area contributed by atoms with Gasteiger partial charge in [0.1, 0.15) is 0 Å². The molecule has 0 radical (unpaired) electrons. The van der Waals surface area contributed by atoms with Gasteiger partial charge in [0.25, 0.3) is 0 Å². The van der Waals surface area contributed by atoms with Gasteiger partial charge in [-0.05, 0) is 24.3 Å². The number of carbonyl (C=O) groups excluding carboxylic acids is 1. The summed E-state index contributed by atoms with van der Waals surface area (Å²) in [6, 6.07) is 10.4. The Hall–Kier alpha value is -1.40. The Balaban J connectivity index is 1.93. The van der Waals surface area contributed by atoms with Crippen molar-refractivity contribution in [1.82, 2.24) is 0 Å². The van der Waals surface area contributed by atoms with Crippen molar-refractivity contribution in [1.29, 1.82) is 0 Å². The average molecular weight is 215 g/mol. The van der Waals surface area contributed by atoms with Crippen LogP contribution in [0.5, 0.6) is 0 Å². The van der Waals surface area contributed by atoms with Crippen LogP contribution in [0.3, 0.4) is 0 Å². The van der Waals surface area contributed by atoms with E-state index in [1.165, 1.54) is 24.8 Å². The molecule has 16 heavy (non-hydrogen) atoms. The molecule has 0 spiro atoms. The van der Waals surface area contributed by atoms with Crippen molar-refractivity contribution in [3.8, 4) is 0 Å². The number of benzene rings is 1. The molecule has 2 nitrogen and oxygen atoms in total. The fourth-order valence-corrected chi connectivity index (χ4v) is 2.26. The number of nitrogens with zero attached hydrogens (tertiary/aromatic N) is 1. The largest absolute Gasteiger partial charge is 0.235 e. The summed E-state index contributed by atoms with van der Waals surface area (Å²) in [5.41, 5.74) is 1.26. The predicted molar refractivity (Wildman–Crippen MR) is 64.0 cm³/mol. The van der Waals surface area contributed by atoms with Crippen LogP contribution in [0.4, 0.5) is 0 Å². The minimum absolute atomic E-state index is 0.130. The first-order valence-corrected chi connectivity index (χ1v) is 5.99. The van der Waals surface area contributed by atoms with E-state index >= 15 is 0 Å². The van der Waals surface area contributed by atoms with Crippen molar-refractivity contribution < 1.29 is 4.79 Å². The molecule has 1 fully saturated rings. The van der Waals surface area contributed by atoms with Gasteiger partial charge in [-0.25, -0.2) is 9.79 Å². The predicted octanol–water partition coefficient (Wildman–Crippen LogP) is 3.12. The first-order valence-electron chi connectivity index (χ1n) is 5.99. The third-order valence-corrected chi connectivity index (χ3v) is 3.38. The summed E-state index contributed by atoms with van der Waals surface area (Å²) in [6.45, 7) is 0. The molecule has 0 bridgehead atoms. The topological polar surface area (TPSA) is 29.4 Å². The summed E-state index contributed by atoms with van der Waals surface area (Å²) < 4.78 is 0. The van der Waals surface area contributed by atoms with Gasteiger partial charge in [0.05, 0.1) is 6.04 Å². The highest BCUT2D eigenvalue weighted by Gasteiger charge is 2.21. The van der Waals surface area contributed by atoms with Crippen LogP contribution in [-0.2, 0) is 11.2 Å².